The Hall–Kier alpha value is -2.12. The lowest BCUT2D eigenvalue weighted by molar-refractivity contribution is -0.0426. The number of benzene rings is 2. The summed E-state index contributed by atoms with van der Waals surface area (Å²) < 4.78 is 23.0. The molecule has 2 N–H and O–H groups in total. The molecular formula is C34H40O6. The highest BCUT2D eigenvalue weighted by molar-refractivity contribution is 5.59. The van der Waals surface area contributed by atoms with Gasteiger partial charge in [0.15, 0.2) is 0 Å². The number of hydrogen-bond donors (Lipinski definition) is 2. The lowest BCUT2D eigenvalue weighted by Crippen LogP contribution is -2.57. The molecule has 2 aromatic rings. The molecule has 6 heteroatoms. The minimum Gasteiger partial charge on any atom is -0.508 e. The first kappa shape index (κ1) is 24.5. The second kappa shape index (κ2) is 8.94. The van der Waals surface area contributed by atoms with Crippen molar-refractivity contribution in [2.24, 2.45) is 23.7 Å². The summed E-state index contributed by atoms with van der Waals surface area (Å²) in [6, 6.07) is 8.50. The first-order valence-electron chi connectivity index (χ1n) is 15.7. The van der Waals surface area contributed by atoms with Crippen molar-refractivity contribution in [3.63, 3.8) is 0 Å². The maximum atomic E-state index is 11.2. The number of hydrogen-bond acceptors (Lipinski definition) is 6. The van der Waals surface area contributed by atoms with Crippen LogP contribution in [0.15, 0.2) is 24.3 Å². The molecule has 8 aliphatic rings. The van der Waals surface area contributed by atoms with Crippen LogP contribution < -0.4 is 0 Å². The highest BCUT2D eigenvalue weighted by atomic mass is 16.6. The average Bonchev–Trinajstić information content (AvgIpc) is 3.74. The number of epoxide rings is 4. The van der Waals surface area contributed by atoms with Gasteiger partial charge in [0.05, 0.1) is 50.8 Å². The highest BCUT2D eigenvalue weighted by Gasteiger charge is 2.60. The first-order chi connectivity index (χ1) is 19.6. The summed E-state index contributed by atoms with van der Waals surface area (Å²) in [5.41, 5.74) is 7.45. The van der Waals surface area contributed by atoms with Crippen molar-refractivity contribution >= 4 is 0 Å². The molecule has 40 heavy (non-hydrogen) atoms. The van der Waals surface area contributed by atoms with Crippen LogP contribution in [0.4, 0.5) is 0 Å². The zero-order chi connectivity index (χ0) is 26.6. The molecule has 0 amide bonds. The van der Waals surface area contributed by atoms with Crippen molar-refractivity contribution in [3.8, 4) is 11.5 Å². The lowest BCUT2D eigenvalue weighted by atomic mass is 9.41. The maximum absolute atomic E-state index is 11.2. The van der Waals surface area contributed by atoms with E-state index >= 15 is 0 Å². The van der Waals surface area contributed by atoms with Gasteiger partial charge in [-0.1, -0.05) is 12.1 Å². The average molecular weight is 545 g/mol. The molecule has 4 atom stereocenters. The van der Waals surface area contributed by atoms with E-state index in [1.165, 1.54) is 54.4 Å². The fourth-order valence-electron chi connectivity index (χ4n) is 9.66. The van der Waals surface area contributed by atoms with Gasteiger partial charge >= 0.3 is 0 Å². The summed E-state index contributed by atoms with van der Waals surface area (Å²) in [5, 5.41) is 22.5. The summed E-state index contributed by atoms with van der Waals surface area (Å²) in [6.45, 7) is 3.15. The number of phenols is 2. The summed E-state index contributed by atoms with van der Waals surface area (Å²) >= 11 is 0. The van der Waals surface area contributed by atoms with Gasteiger partial charge in [-0.25, -0.2) is 0 Å². The zero-order valence-corrected chi connectivity index (χ0v) is 23.1. The van der Waals surface area contributed by atoms with E-state index in [-0.39, 0.29) is 29.8 Å². The van der Waals surface area contributed by atoms with Crippen LogP contribution in [0, 0.1) is 23.7 Å². The molecular weight excluding hydrogens is 504 g/mol. The molecule has 0 spiro atoms. The standard InChI is InChI=1S/C34H40O6/c35-32-3-1-30(26(10-22-14-37-22)28(32)12-24-16-39-24)34(20-6-18-5-19(8-20)9-21(34)7-18)31-2-4-33(36)29(13-25-17-40-25)27(31)11-23-15-38-23/h1-4,18-25,35-36H,5-17H2. The quantitative estimate of drug-likeness (QED) is 0.425. The van der Waals surface area contributed by atoms with Crippen LogP contribution in [0.5, 0.6) is 11.5 Å². The second-order valence-electron chi connectivity index (χ2n) is 14.0. The highest BCUT2D eigenvalue weighted by Crippen LogP contribution is 2.67. The second-order valence-corrected chi connectivity index (χ2v) is 14.0. The van der Waals surface area contributed by atoms with Crippen molar-refractivity contribution in [1.82, 2.24) is 0 Å². The zero-order valence-electron chi connectivity index (χ0n) is 23.1. The molecule has 10 rings (SSSR count). The minimum absolute atomic E-state index is 0.137. The molecule has 4 bridgehead atoms. The predicted molar refractivity (Wildman–Crippen MR) is 148 cm³/mol. The SMILES string of the molecule is Oc1ccc(C2(c3ccc(O)c(CC4CO4)c3CC3CO3)C3CC4CC(C3)CC2C4)c(CC2CO2)c1CC1CO1. The van der Waals surface area contributed by atoms with E-state index in [9.17, 15) is 10.2 Å². The topological polar surface area (TPSA) is 90.6 Å². The Kier molecular flexibility index (Phi) is 5.47. The Bertz CT molecular complexity index is 1220. The molecule has 2 aromatic carbocycles. The van der Waals surface area contributed by atoms with Gasteiger partial charge in [-0.05, 0) is 90.2 Å². The predicted octanol–water partition coefficient (Wildman–Crippen LogP) is 4.61. The van der Waals surface area contributed by atoms with Crippen LogP contribution in [0.3, 0.4) is 0 Å². The molecule has 6 nitrogen and oxygen atoms in total. The van der Waals surface area contributed by atoms with Gasteiger partial charge in [-0.2, -0.15) is 0 Å². The van der Waals surface area contributed by atoms with Crippen LogP contribution >= 0.6 is 0 Å². The van der Waals surface area contributed by atoms with Crippen molar-refractivity contribution in [1.29, 1.82) is 0 Å². The van der Waals surface area contributed by atoms with Crippen LogP contribution in [0.1, 0.15) is 65.5 Å². The summed E-state index contributed by atoms with van der Waals surface area (Å²) in [5.74, 6) is 3.58. The summed E-state index contributed by atoms with van der Waals surface area (Å²) in [6.07, 6.45) is 10.6. The van der Waals surface area contributed by atoms with E-state index in [2.05, 4.69) is 12.1 Å². The Morgan fingerprint density at radius 2 is 0.875 bits per heavy atom. The minimum atomic E-state index is -0.137. The molecule has 4 aliphatic carbocycles. The third-order valence-electron chi connectivity index (χ3n) is 11.5. The van der Waals surface area contributed by atoms with Gasteiger partial charge in [0.25, 0.3) is 0 Å². The molecule has 4 aliphatic heterocycles. The van der Waals surface area contributed by atoms with E-state index in [1.54, 1.807) is 0 Å². The molecule has 4 heterocycles. The molecule has 0 aromatic heterocycles. The van der Waals surface area contributed by atoms with Crippen molar-refractivity contribution in [2.75, 3.05) is 26.4 Å². The third kappa shape index (κ3) is 4.05. The van der Waals surface area contributed by atoms with Crippen LogP contribution in [0.25, 0.3) is 0 Å². The van der Waals surface area contributed by atoms with Crippen molar-refractivity contribution in [3.05, 3.63) is 57.6 Å². The largest absolute Gasteiger partial charge is 0.508 e. The Morgan fingerprint density at radius 1 is 0.525 bits per heavy atom. The van der Waals surface area contributed by atoms with Gasteiger partial charge < -0.3 is 29.2 Å². The van der Waals surface area contributed by atoms with E-state index in [1.807, 2.05) is 12.1 Å². The third-order valence-corrected chi connectivity index (χ3v) is 11.5. The van der Waals surface area contributed by atoms with Gasteiger partial charge in [0.2, 0.25) is 0 Å². The fraction of sp³-hybridized carbons (Fsp3) is 0.647. The van der Waals surface area contributed by atoms with E-state index < -0.39 is 0 Å². The van der Waals surface area contributed by atoms with Crippen LogP contribution in [-0.4, -0.2) is 61.1 Å². The van der Waals surface area contributed by atoms with Gasteiger partial charge in [-0.3, -0.25) is 0 Å². The van der Waals surface area contributed by atoms with Gasteiger partial charge in [-0.15, -0.1) is 0 Å². The molecule has 4 saturated carbocycles. The fourth-order valence-corrected chi connectivity index (χ4v) is 9.66. The van der Waals surface area contributed by atoms with E-state index in [4.69, 9.17) is 18.9 Å². The van der Waals surface area contributed by atoms with Crippen LogP contribution in [0.2, 0.25) is 0 Å². The van der Waals surface area contributed by atoms with Gasteiger partial charge in [0.1, 0.15) is 11.5 Å². The summed E-state index contributed by atoms with van der Waals surface area (Å²) in [7, 11) is 0. The smallest absolute Gasteiger partial charge is 0.119 e. The Labute approximate surface area is 236 Å². The monoisotopic (exact) mass is 544 g/mol. The summed E-state index contributed by atoms with van der Waals surface area (Å²) in [4.78, 5) is 0. The van der Waals surface area contributed by atoms with Crippen molar-refractivity contribution in [2.45, 2.75) is 87.6 Å². The number of phenolic OH excluding ortho intramolecular Hbond substituents is 2. The molecule has 8 fully saturated rings. The Morgan fingerprint density at radius 3 is 1.23 bits per heavy atom. The molecule has 4 unspecified atom stereocenters. The normalized spacial score (nSPS) is 39.9. The molecule has 212 valence electrons. The first-order valence-corrected chi connectivity index (χ1v) is 15.7. The van der Waals surface area contributed by atoms with Crippen molar-refractivity contribution < 1.29 is 29.2 Å². The molecule has 0 radical (unpaired) electrons. The van der Waals surface area contributed by atoms with E-state index in [0.29, 0.717) is 23.3 Å². The maximum Gasteiger partial charge on any atom is 0.119 e. The van der Waals surface area contributed by atoms with Gasteiger partial charge in [0, 0.05) is 42.2 Å². The van der Waals surface area contributed by atoms with E-state index in [0.717, 1.165) is 75.1 Å². The molecule has 4 saturated heterocycles. The lowest BCUT2D eigenvalue weighted by Gasteiger charge is -2.63. The number of ether oxygens (including phenoxy) is 4. The van der Waals surface area contributed by atoms with Crippen LogP contribution in [-0.2, 0) is 50.0 Å². The number of aromatic hydroxyl groups is 2. The number of rotatable bonds is 10. The Balaban J connectivity index is 1.29.